The van der Waals surface area contributed by atoms with Crippen LogP contribution >= 0.6 is 0 Å². The molecule has 0 radical (unpaired) electrons. The molecule has 2 heteroatoms. The van der Waals surface area contributed by atoms with E-state index in [1.807, 2.05) is 0 Å². The van der Waals surface area contributed by atoms with Gasteiger partial charge in [0.25, 0.3) is 0 Å². The molecule has 0 aromatic heterocycles. The number of nitrogens with zero attached hydrogens (tertiary/aromatic N) is 2. The molecule has 0 spiro atoms. The molecule has 482 valence electrons. The van der Waals surface area contributed by atoms with Gasteiger partial charge in [0.15, 0.2) is 0 Å². The normalized spacial score (nSPS) is 12.8. The lowest BCUT2D eigenvalue weighted by Crippen LogP contribution is -2.09. The van der Waals surface area contributed by atoms with E-state index in [1.54, 1.807) is 38.1 Å². The summed E-state index contributed by atoms with van der Waals surface area (Å²) in [6.07, 6.45) is 77.7. The van der Waals surface area contributed by atoms with Crippen LogP contribution in [0.3, 0.4) is 0 Å². The number of aryl methyl sites for hydroxylation is 4. The van der Waals surface area contributed by atoms with Gasteiger partial charge in [-0.25, -0.2) is 4.70 Å². The van der Waals surface area contributed by atoms with E-state index in [0.29, 0.717) is 0 Å². The van der Waals surface area contributed by atoms with Gasteiger partial charge in [-0.1, -0.05) is 351 Å². The Labute approximate surface area is 526 Å². The molecule has 84 heavy (non-hydrogen) atoms. The summed E-state index contributed by atoms with van der Waals surface area (Å²) in [5.74, 6) is 0. The van der Waals surface area contributed by atoms with E-state index in [0.717, 1.165) is 75.6 Å². The van der Waals surface area contributed by atoms with Gasteiger partial charge in [0.2, 0.25) is 11.4 Å². The van der Waals surface area contributed by atoms with Gasteiger partial charge in [0.1, 0.15) is 0 Å². The minimum absolute atomic E-state index is 1.05. The van der Waals surface area contributed by atoms with Gasteiger partial charge in [-0.05, 0) is 135 Å². The molecule has 3 rings (SSSR count). The molecule has 0 atom stereocenters. The Morgan fingerprint density at radius 3 is 0.595 bits per heavy atom. The zero-order valence-electron chi connectivity index (χ0n) is 58.2. The molecule has 2 aromatic carbocycles. The van der Waals surface area contributed by atoms with Crippen molar-refractivity contribution in [3.8, 4) is 0 Å². The fourth-order valence-corrected chi connectivity index (χ4v) is 14.5. The predicted molar refractivity (Wildman–Crippen MR) is 378 cm³/mol. The van der Waals surface area contributed by atoms with Crippen molar-refractivity contribution in [2.75, 3.05) is 0 Å². The van der Waals surface area contributed by atoms with Gasteiger partial charge >= 0.3 is 0 Å². The van der Waals surface area contributed by atoms with Gasteiger partial charge < -0.3 is 5.53 Å². The summed E-state index contributed by atoms with van der Waals surface area (Å²) in [6.45, 7) is 18.8. The van der Waals surface area contributed by atoms with Gasteiger partial charge in [0, 0.05) is 22.3 Å². The summed E-state index contributed by atoms with van der Waals surface area (Å²) < 4.78 is 1.77. The fourth-order valence-electron chi connectivity index (χ4n) is 14.5. The van der Waals surface area contributed by atoms with E-state index in [2.05, 4.69) is 79.7 Å². The Balaban J connectivity index is 1.73. The van der Waals surface area contributed by atoms with Crippen molar-refractivity contribution < 1.29 is 4.70 Å². The summed E-state index contributed by atoms with van der Waals surface area (Å²) >= 11 is 0. The summed E-state index contributed by atoms with van der Waals surface area (Å²) in [4.78, 5) is 0. The molecular weight excluding hydrogens is 1010 g/mol. The van der Waals surface area contributed by atoms with Crippen molar-refractivity contribution in [3.63, 3.8) is 0 Å². The van der Waals surface area contributed by atoms with Gasteiger partial charge in [-0.3, -0.25) is 0 Å². The van der Waals surface area contributed by atoms with Gasteiger partial charge in [-0.2, -0.15) is 0 Å². The van der Waals surface area contributed by atoms with Crippen molar-refractivity contribution in [2.45, 2.75) is 428 Å². The lowest BCUT2D eigenvalue weighted by atomic mass is 9.86. The Bertz CT molecular complexity index is 1780. The van der Waals surface area contributed by atoms with Gasteiger partial charge in [-0.15, -0.1) is 0 Å². The number of benzene rings is 2. The number of allylic oxidation sites excluding steroid dienone is 2. The number of hydrogen-bond acceptors (Lipinski definition) is 0. The van der Waals surface area contributed by atoms with Crippen molar-refractivity contribution >= 4 is 11.4 Å². The predicted octanol–water partition coefficient (Wildman–Crippen LogP) is 28.6. The first-order chi connectivity index (χ1) is 41.4. The average molecular weight is 1160 g/mol. The SMILES string of the molecule is CCCCCCCCCCCCCCCCCCCCCc1c(CCC)cc(C2=C(CCCCCC)C(CCCCCC)=C(c3cc(CCC)c(CCCCCCCCCCCCCCCCCCCCC)c(CCC)c3)[N+]2=[N-])cc1CCC. The molecule has 0 bridgehead atoms. The molecule has 0 saturated carbocycles. The maximum atomic E-state index is 13.2. The summed E-state index contributed by atoms with van der Waals surface area (Å²) in [5, 5.41) is 0. The van der Waals surface area contributed by atoms with E-state index >= 15 is 0 Å². The van der Waals surface area contributed by atoms with Crippen LogP contribution in [-0.4, -0.2) is 4.70 Å². The molecule has 2 nitrogen and oxygen atoms in total. The molecular formula is C82H144N2. The monoisotopic (exact) mass is 1160 g/mol. The first kappa shape index (κ1) is 75.8. The standard InChI is InChI=1S/C82H144N2/c1-9-17-21-25-27-29-31-33-35-37-39-41-43-45-47-49-51-53-57-63-77-71(59-13-5)67-75(68-72(77)60-14-6)81-79(65-55-23-19-11-3)80(66-56-24-20-12-4)82(84(81)83)76-69-73(61-15-7)78(74(70-76)62-16-8)64-58-54-52-50-48-46-44-42-40-38-36-34-32-30-28-26-22-18-10-2/h67-70H,9-66H2,1-8H3. The third-order valence-corrected chi connectivity index (χ3v) is 19.5. The highest BCUT2D eigenvalue weighted by molar-refractivity contribution is 5.83. The van der Waals surface area contributed by atoms with Crippen LogP contribution in [0.4, 0.5) is 0 Å². The molecule has 0 aliphatic carbocycles. The van der Waals surface area contributed by atoms with Crippen molar-refractivity contribution in [3.05, 3.63) is 85.5 Å². The van der Waals surface area contributed by atoms with E-state index in [-0.39, 0.29) is 0 Å². The molecule has 0 saturated heterocycles. The highest BCUT2D eigenvalue weighted by Crippen LogP contribution is 2.46. The lowest BCUT2D eigenvalue weighted by Gasteiger charge is -2.19. The quantitative estimate of drug-likeness (QED) is 0.0466. The van der Waals surface area contributed by atoms with Crippen LogP contribution in [0, 0.1) is 0 Å². The topological polar surface area (TPSA) is 25.3 Å². The van der Waals surface area contributed by atoms with Crippen LogP contribution < -0.4 is 0 Å². The van der Waals surface area contributed by atoms with Crippen molar-refractivity contribution in [1.82, 2.24) is 0 Å². The second-order valence-corrected chi connectivity index (χ2v) is 27.4. The van der Waals surface area contributed by atoms with Gasteiger partial charge in [0.05, 0.1) is 0 Å². The minimum atomic E-state index is 1.05. The van der Waals surface area contributed by atoms with Crippen LogP contribution in [0.15, 0.2) is 35.4 Å². The largest absolute Gasteiger partial charge is 0.493 e. The molecule has 1 heterocycles. The number of unbranched alkanes of at least 4 members (excludes halogenated alkanes) is 42. The fraction of sp³-hybridized carbons (Fsp3) is 0.805. The first-order valence-corrected chi connectivity index (χ1v) is 38.7. The third-order valence-electron chi connectivity index (χ3n) is 19.5. The molecule has 1 aliphatic heterocycles. The van der Waals surface area contributed by atoms with Crippen molar-refractivity contribution in [2.24, 2.45) is 0 Å². The zero-order chi connectivity index (χ0) is 60.3. The van der Waals surface area contributed by atoms with Crippen LogP contribution in [0.2, 0.25) is 0 Å². The Morgan fingerprint density at radius 2 is 0.393 bits per heavy atom. The summed E-state index contributed by atoms with van der Waals surface area (Å²) in [7, 11) is 0. The zero-order valence-corrected chi connectivity index (χ0v) is 58.2. The van der Waals surface area contributed by atoms with E-state index in [4.69, 9.17) is 0 Å². The van der Waals surface area contributed by atoms with E-state index < -0.39 is 0 Å². The molecule has 0 fully saturated rings. The molecule has 0 unspecified atom stereocenters. The molecule has 1 aliphatic rings. The van der Waals surface area contributed by atoms with Crippen LogP contribution in [-0.2, 0) is 38.5 Å². The van der Waals surface area contributed by atoms with Crippen LogP contribution in [0.25, 0.3) is 16.9 Å². The minimum Gasteiger partial charge on any atom is -0.493 e. The molecule has 0 amide bonds. The third kappa shape index (κ3) is 32.1. The molecule has 2 aromatic rings. The summed E-state index contributed by atoms with van der Waals surface area (Å²) in [6, 6.07) is 10.3. The lowest BCUT2D eigenvalue weighted by molar-refractivity contribution is -0.345. The van der Waals surface area contributed by atoms with Crippen molar-refractivity contribution in [1.29, 1.82) is 0 Å². The maximum Gasteiger partial charge on any atom is 0.211 e. The summed E-state index contributed by atoms with van der Waals surface area (Å²) in [5.41, 5.74) is 30.4. The Kier molecular flexibility index (Phi) is 47.3. The van der Waals surface area contributed by atoms with E-state index in [1.165, 1.54) is 330 Å². The second kappa shape index (κ2) is 52.5. The first-order valence-electron chi connectivity index (χ1n) is 38.7. The van der Waals surface area contributed by atoms with E-state index in [9.17, 15) is 5.53 Å². The maximum absolute atomic E-state index is 13.2. The highest BCUT2D eigenvalue weighted by atomic mass is 15.2. The highest BCUT2D eigenvalue weighted by Gasteiger charge is 2.36. The smallest absolute Gasteiger partial charge is 0.211 e. The molecule has 0 N–H and O–H groups in total. The average Bonchev–Trinajstić information content (AvgIpc) is 2.01. The number of rotatable bonds is 60. The van der Waals surface area contributed by atoms with Crippen LogP contribution in [0.1, 0.15) is 434 Å². The number of hydrogen-bond donors (Lipinski definition) is 0. The Morgan fingerprint density at radius 1 is 0.214 bits per heavy atom. The van der Waals surface area contributed by atoms with Crippen LogP contribution in [0.5, 0.6) is 0 Å². The second-order valence-electron chi connectivity index (χ2n) is 27.4. The Hall–Kier alpha value is -2.48.